The number of nitrogens with two attached hydrogens (primary N) is 1. The lowest BCUT2D eigenvalue weighted by Gasteiger charge is -2.35. The van der Waals surface area contributed by atoms with Gasteiger partial charge >= 0.3 is 0 Å². The first-order valence-electron chi connectivity index (χ1n) is 7.47. The highest BCUT2D eigenvalue weighted by Crippen LogP contribution is 2.27. The van der Waals surface area contributed by atoms with Gasteiger partial charge in [-0.25, -0.2) is 0 Å². The highest BCUT2D eigenvalue weighted by Gasteiger charge is 2.24. The molecule has 3 N–H and O–H groups in total. The van der Waals surface area contributed by atoms with Crippen LogP contribution in [0.25, 0.3) is 0 Å². The molecule has 1 heterocycles. The van der Waals surface area contributed by atoms with Crippen LogP contribution in [0.5, 0.6) is 5.75 Å². The van der Waals surface area contributed by atoms with E-state index in [9.17, 15) is 4.79 Å². The van der Waals surface area contributed by atoms with Gasteiger partial charge in [0.05, 0.1) is 19.3 Å². The normalized spacial score (nSPS) is 22.8. The Morgan fingerprint density at radius 2 is 2.24 bits per heavy atom. The van der Waals surface area contributed by atoms with Gasteiger partial charge in [0.2, 0.25) is 5.91 Å². The summed E-state index contributed by atoms with van der Waals surface area (Å²) < 4.78 is 5.24. The maximum absolute atomic E-state index is 12.2. The van der Waals surface area contributed by atoms with E-state index < -0.39 is 0 Å². The maximum Gasteiger partial charge on any atom is 0.238 e. The van der Waals surface area contributed by atoms with Crippen LogP contribution in [-0.2, 0) is 4.79 Å². The average Bonchev–Trinajstić information content (AvgIpc) is 2.44. The highest BCUT2D eigenvalue weighted by molar-refractivity contribution is 5.94. The van der Waals surface area contributed by atoms with E-state index in [0.29, 0.717) is 29.7 Å². The second kappa shape index (κ2) is 6.80. The Labute approximate surface area is 126 Å². The second-order valence-electron chi connectivity index (χ2n) is 5.96. The number of ether oxygens (including phenoxy) is 1. The van der Waals surface area contributed by atoms with Crippen LogP contribution in [-0.4, -0.2) is 37.0 Å². The lowest BCUT2D eigenvalue weighted by molar-refractivity contribution is -0.118. The molecular formula is C16H25N3O2. The van der Waals surface area contributed by atoms with Crippen LogP contribution < -0.4 is 15.8 Å². The van der Waals surface area contributed by atoms with Crippen LogP contribution in [0.1, 0.15) is 26.7 Å². The average molecular weight is 291 g/mol. The molecule has 116 valence electrons. The molecule has 21 heavy (non-hydrogen) atoms. The number of amides is 1. The van der Waals surface area contributed by atoms with Crippen LogP contribution in [0, 0.1) is 5.92 Å². The van der Waals surface area contributed by atoms with Gasteiger partial charge in [-0.15, -0.1) is 0 Å². The van der Waals surface area contributed by atoms with Gasteiger partial charge in [-0.3, -0.25) is 9.69 Å². The predicted octanol–water partition coefficient (Wildman–Crippen LogP) is 2.34. The molecule has 2 unspecified atom stereocenters. The molecular weight excluding hydrogens is 266 g/mol. The first-order chi connectivity index (χ1) is 9.99. The summed E-state index contributed by atoms with van der Waals surface area (Å²) in [7, 11) is 1.57. The van der Waals surface area contributed by atoms with Gasteiger partial charge in [-0.1, -0.05) is 6.92 Å². The van der Waals surface area contributed by atoms with Gasteiger partial charge < -0.3 is 15.8 Å². The van der Waals surface area contributed by atoms with Crippen LogP contribution in [0.2, 0.25) is 0 Å². The van der Waals surface area contributed by atoms with Crippen molar-refractivity contribution in [1.82, 2.24) is 4.90 Å². The Kier molecular flexibility index (Phi) is 5.07. The molecule has 0 aromatic heterocycles. The molecule has 1 fully saturated rings. The Hall–Kier alpha value is -1.75. The van der Waals surface area contributed by atoms with E-state index in [4.69, 9.17) is 10.5 Å². The molecule has 5 heteroatoms. The first-order valence-corrected chi connectivity index (χ1v) is 7.47. The number of likely N-dealkylation sites (tertiary alicyclic amines) is 1. The Balaban J connectivity index is 1.96. The topological polar surface area (TPSA) is 67.6 Å². The fourth-order valence-corrected chi connectivity index (χ4v) is 2.88. The first kappa shape index (κ1) is 15.6. The summed E-state index contributed by atoms with van der Waals surface area (Å²) in [6.07, 6.45) is 2.31. The summed E-state index contributed by atoms with van der Waals surface area (Å²) >= 11 is 0. The van der Waals surface area contributed by atoms with Crippen LogP contribution in [0.15, 0.2) is 18.2 Å². The zero-order valence-corrected chi connectivity index (χ0v) is 13.1. The Morgan fingerprint density at radius 3 is 2.90 bits per heavy atom. The van der Waals surface area contributed by atoms with Crippen molar-refractivity contribution in [2.24, 2.45) is 5.92 Å². The van der Waals surface area contributed by atoms with Crippen molar-refractivity contribution >= 4 is 17.3 Å². The standard InChI is InChI=1S/C16H25N3O2/c1-11-6-7-19(12(2)8-11)10-16(20)18-14-5-4-13(17)9-15(14)21-3/h4-5,9,11-12H,6-8,10,17H2,1-3H3,(H,18,20). The minimum absolute atomic E-state index is 0.0144. The molecule has 2 atom stereocenters. The van der Waals surface area contributed by atoms with E-state index in [0.717, 1.165) is 25.3 Å². The zero-order valence-electron chi connectivity index (χ0n) is 13.1. The number of piperidine rings is 1. The maximum atomic E-state index is 12.2. The molecule has 2 rings (SSSR count). The summed E-state index contributed by atoms with van der Waals surface area (Å²) in [5.74, 6) is 1.32. The quantitative estimate of drug-likeness (QED) is 0.836. The van der Waals surface area contributed by atoms with Crippen molar-refractivity contribution in [3.63, 3.8) is 0 Å². The highest BCUT2D eigenvalue weighted by atomic mass is 16.5. The van der Waals surface area contributed by atoms with Crippen molar-refractivity contribution in [3.8, 4) is 5.75 Å². The number of hydrogen-bond acceptors (Lipinski definition) is 4. The van der Waals surface area contributed by atoms with Gasteiger partial charge in [0.1, 0.15) is 5.75 Å². The van der Waals surface area contributed by atoms with E-state index in [1.807, 2.05) is 0 Å². The monoisotopic (exact) mass is 291 g/mol. The van der Waals surface area contributed by atoms with E-state index in [1.54, 1.807) is 25.3 Å². The molecule has 0 radical (unpaired) electrons. The summed E-state index contributed by atoms with van der Waals surface area (Å²) in [4.78, 5) is 14.5. The number of carbonyl (C=O) groups is 1. The zero-order chi connectivity index (χ0) is 15.4. The van der Waals surface area contributed by atoms with Crippen LogP contribution in [0.3, 0.4) is 0 Å². The third-order valence-corrected chi connectivity index (χ3v) is 4.12. The summed E-state index contributed by atoms with van der Waals surface area (Å²) in [6.45, 7) is 5.86. The van der Waals surface area contributed by atoms with Crippen molar-refractivity contribution in [1.29, 1.82) is 0 Å². The smallest absolute Gasteiger partial charge is 0.238 e. The molecule has 5 nitrogen and oxygen atoms in total. The van der Waals surface area contributed by atoms with E-state index in [1.165, 1.54) is 0 Å². The van der Waals surface area contributed by atoms with Crippen molar-refractivity contribution in [2.45, 2.75) is 32.7 Å². The fourth-order valence-electron chi connectivity index (χ4n) is 2.88. The van der Waals surface area contributed by atoms with Crippen molar-refractivity contribution in [2.75, 3.05) is 31.2 Å². The minimum Gasteiger partial charge on any atom is -0.494 e. The predicted molar refractivity (Wildman–Crippen MR) is 85.5 cm³/mol. The van der Waals surface area contributed by atoms with Gasteiger partial charge in [-0.05, 0) is 44.4 Å². The van der Waals surface area contributed by atoms with Crippen LogP contribution >= 0.6 is 0 Å². The molecule has 1 aromatic rings. The third-order valence-electron chi connectivity index (χ3n) is 4.12. The van der Waals surface area contributed by atoms with Crippen LogP contribution in [0.4, 0.5) is 11.4 Å². The molecule has 0 saturated carbocycles. The minimum atomic E-state index is -0.0144. The number of anilines is 2. The Morgan fingerprint density at radius 1 is 1.48 bits per heavy atom. The SMILES string of the molecule is COc1cc(N)ccc1NC(=O)CN1CCC(C)CC1C. The second-order valence-corrected chi connectivity index (χ2v) is 5.96. The van der Waals surface area contributed by atoms with Crippen molar-refractivity contribution in [3.05, 3.63) is 18.2 Å². The summed E-state index contributed by atoms with van der Waals surface area (Å²) in [5, 5.41) is 2.91. The molecule has 0 spiro atoms. The third kappa shape index (κ3) is 4.11. The van der Waals surface area contributed by atoms with Gasteiger partial charge in [0, 0.05) is 17.8 Å². The van der Waals surface area contributed by atoms with Crippen molar-refractivity contribution < 1.29 is 9.53 Å². The molecule has 1 aliphatic rings. The Bertz CT molecular complexity index is 504. The molecule has 1 aliphatic heterocycles. The molecule has 0 aliphatic carbocycles. The van der Waals surface area contributed by atoms with Gasteiger partial charge in [0.15, 0.2) is 0 Å². The fraction of sp³-hybridized carbons (Fsp3) is 0.562. The molecule has 1 amide bonds. The number of methoxy groups -OCH3 is 1. The number of nitrogen functional groups attached to an aromatic ring is 1. The number of nitrogens with one attached hydrogen (secondary N) is 1. The van der Waals surface area contributed by atoms with Gasteiger partial charge in [0.25, 0.3) is 0 Å². The van der Waals surface area contributed by atoms with E-state index >= 15 is 0 Å². The summed E-state index contributed by atoms with van der Waals surface area (Å²) in [6, 6.07) is 5.69. The largest absolute Gasteiger partial charge is 0.494 e. The molecule has 1 aromatic carbocycles. The number of hydrogen-bond donors (Lipinski definition) is 2. The van der Waals surface area contributed by atoms with E-state index in [2.05, 4.69) is 24.1 Å². The number of rotatable bonds is 4. The molecule has 0 bridgehead atoms. The lowest BCUT2D eigenvalue weighted by Crippen LogP contribution is -2.44. The van der Waals surface area contributed by atoms with Gasteiger partial charge in [-0.2, -0.15) is 0 Å². The number of carbonyl (C=O) groups excluding carboxylic acids is 1. The lowest BCUT2D eigenvalue weighted by atomic mass is 9.93. The summed E-state index contributed by atoms with van der Waals surface area (Å²) in [5.41, 5.74) is 6.99. The number of benzene rings is 1. The van der Waals surface area contributed by atoms with E-state index in [-0.39, 0.29) is 5.91 Å². The number of nitrogens with zero attached hydrogens (tertiary/aromatic N) is 1. The molecule has 1 saturated heterocycles.